The molecule has 1 rings (SSSR count). The molecule has 4 amide bonds. The molecule has 0 unspecified atom stereocenters. The van der Waals surface area contributed by atoms with Crippen molar-refractivity contribution in [1.29, 1.82) is 0 Å². The van der Waals surface area contributed by atoms with Crippen molar-refractivity contribution in [3.05, 3.63) is 12.2 Å². The predicted octanol–water partition coefficient (Wildman–Crippen LogP) is 2.64. The third-order valence-corrected chi connectivity index (χ3v) is 7.65. The van der Waals surface area contributed by atoms with E-state index in [4.69, 9.17) is 9.47 Å². The van der Waals surface area contributed by atoms with Gasteiger partial charge in [-0.05, 0) is 45.4 Å². The number of esters is 1. The third-order valence-electron chi connectivity index (χ3n) is 5.65. The van der Waals surface area contributed by atoms with E-state index in [-0.39, 0.29) is 17.6 Å². The molecule has 1 heterocycles. The topological polar surface area (TPSA) is 152 Å². The maximum Gasteiger partial charge on any atom is 0.408 e. The first-order chi connectivity index (χ1) is 19.1. The Morgan fingerprint density at radius 1 is 0.878 bits per heavy atom. The molecule has 1 aliphatic heterocycles. The van der Waals surface area contributed by atoms with Gasteiger partial charge >= 0.3 is 12.1 Å². The molecule has 0 aromatic heterocycles. The summed E-state index contributed by atoms with van der Waals surface area (Å²) in [4.78, 5) is 65.1. The molecule has 13 heteroatoms. The van der Waals surface area contributed by atoms with Crippen molar-refractivity contribution in [2.45, 2.75) is 91.1 Å². The fourth-order valence-electron chi connectivity index (χ4n) is 3.81. The fraction of sp³-hybridized carbons (Fsp3) is 0.750. The van der Waals surface area contributed by atoms with Crippen LogP contribution in [0.15, 0.2) is 12.2 Å². The van der Waals surface area contributed by atoms with Gasteiger partial charge in [0.2, 0.25) is 17.7 Å². The molecule has 1 aliphatic rings. The number of carbonyl (C=O) groups excluding carboxylic acids is 5. The largest absolute Gasteiger partial charge is 0.467 e. The first-order valence-electron chi connectivity index (χ1n) is 13.9. The van der Waals surface area contributed by atoms with E-state index in [1.165, 1.54) is 30.6 Å². The van der Waals surface area contributed by atoms with Gasteiger partial charge in [-0.3, -0.25) is 14.4 Å². The Morgan fingerprint density at radius 3 is 1.85 bits per heavy atom. The van der Waals surface area contributed by atoms with Crippen LogP contribution in [0.4, 0.5) is 4.79 Å². The van der Waals surface area contributed by atoms with Crippen molar-refractivity contribution in [2.75, 3.05) is 30.1 Å². The predicted molar refractivity (Wildman–Crippen MR) is 164 cm³/mol. The van der Waals surface area contributed by atoms with E-state index >= 15 is 0 Å². The number of nitrogens with one attached hydrogen (secondary N) is 4. The van der Waals surface area contributed by atoms with Gasteiger partial charge in [-0.2, -0.15) is 23.5 Å². The highest BCUT2D eigenvalue weighted by Gasteiger charge is 2.32. The quantitative estimate of drug-likeness (QED) is 0.261. The summed E-state index contributed by atoms with van der Waals surface area (Å²) in [6, 6.07) is -3.72. The molecule has 41 heavy (non-hydrogen) atoms. The van der Waals surface area contributed by atoms with E-state index in [0.717, 1.165) is 0 Å². The summed E-state index contributed by atoms with van der Waals surface area (Å²) in [7, 11) is 1.26. The lowest BCUT2D eigenvalue weighted by Crippen LogP contribution is -2.59. The number of amides is 4. The summed E-state index contributed by atoms with van der Waals surface area (Å²) in [6.07, 6.45) is 3.77. The zero-order chi connectivity index (χ0) is 31.2. The molecule has 0 fully saturated rings. The normalized spacial score (nSPS) is 24.0. The summed E-state index contributed by atoms with van der Waals surface area (Å²) >= 11 is 2.89. The van der Waals surface area contributed by atoms with E-state index in [0.29, 0.717) is 30.1 Å². The molecule has 0 aliphatic carbocycles. The van der Waals surface area contributed by atoms with Gasteiger partial charge in [0.15, 0.2) is 0 Å². The van der Waals surface area contributed by atoms with Gasteiger partial charge in [-0.1, -0.05) is 39.8 Å². The Bertz CT molecular complexity index is 922. The Hall–Kier alpha value is -2.41. The zero-order valence-electron chi connectivity index (χ0n) is 25.5. The van der Waals surface area contributed by atoms with E-state index in [9.17, 15) is 24.0 Å². The van der Waals surface area contributed by atoms with Crippen molar-refractivity contribution < 1.29 is 33.4 Å². The molecule has 0 spiro atoms. The van der Waals surface area contributed by atoms with Gasteiger partial charge in [-0.25, -0.2) is 9.59 Å². The standard InChI is InChI=1S/C28H48N4O7S2/c1-17(2)13-19-23(33)29-20(14-18(3)4)24(34)31-22(26(36)38-8)16-41-12-10-9-11-40-15-21(25(35)30-19)32-27(37)39-28(5,6)7/h9-10,17-22H,11-16H2,1-8H3,(H,29,33)(H,30,35)(H,31,34)(H,32,37)/t19-,20-,21-,22-/m0/s1. The molecule has 0 saturated heterocycles. The van der Waals surface area contributed by atoms with Crippen LogP contribution in [0.3, 0.4) is 0 Å². The number of ether oxygens (including phenoxy) is 2. The lowest BCUT2D eigenvalue weighted by Gasteiger charge is -2.28. The number of thioether (sulfide) groups is 2. The average molecular weight is 617 g/mol. The highest BCUT2D eigenvalue weighted by atomic mass is 32.2. The Kier molecular flexibility index (Phi) is 16.3. The molecule has 234 valence electrons. The number of methoxy groups -OCH3 is 1. The van der Waals surface area contributed by atoms with Gasteiger partial charge in [0.25, 0.3) is 0 Å². The lowest BCUT2D eigenvalue weighted by molar-refractivity contribution is -0.144. The molecular formula is C28H48N4O7S2. The van der Waals surface area contributed by atoms with Crippen LogP contribution in [0.25, 0.3) is 0 Å². The fourth-order valence-corrected chi connectivity index (χ4v) is 5.55. The minimum atomic E-state index is -0.955. The van der Waals surface area contributed by atoms with E-state index < -0.39 is 59.6 Å². The number of rotatable bonds is 6. The molecule has 11 nitrogen and oxygen atoms in total. The SMILES string of the molecule is COC(=O)[C@@H]1CSCC=CCSC[C@H](NC(=O)OC(C)(C)C)C(=O)N[C@@H](CC(C)C)C(=O)N[C@@H](CC(C)C)C(=O)N1. The summed E-state index contributed by atoms with van der Waals surface area (Å²) in [5, 5.41) is 10.9. The third kappa shape index (κ3) is 15.4. The number of alkyl carbamates (subject to hydrolysis) is 1. The van der Waals surface area contributed by atoms with Crippen LogP contribution in [-0.2, 0) is 28.7 Å². The number of carbonyl (C=O) groups is 5. The van der Waals surface area contributed by atoms with Gasteiger partial charge in [0.1, 0.15) is 29.8 Å². The van der Waals surface area contributed by atoms with E-state index in [1.807, 2.05) is 39.8 Å². The summed E-state index contributed by atoms with van der Waals surface area (Å²) in [5.41, 5.74) is -0.747. The van der Waals surface area contributed by atoms with Crippen LogP contribution in [-0.4, -0.2) is 89.7 Å². The molecule has 0 aromatic carbocycles. The van der Waals surface area contributed by atoms with Crippen molar-refractivity contribution in [3.8, 4) is 0 Å². The highest BCUT2D eigenvalue weighted by Crippen LogP contribution is 2.13. The van der Waals surface area contributed by atoms with Gasteiger partial charge < -0.3 is 30.7 Å². The van der Waals surface area contributed by atoms with Crippen LogP contribution >= 0.6 is 23.5 Å². The second kappa shape index (κ2) is 18.2. The Balaban J connectivity index is 3.32. The Labute approximate surface area is 252 Å². The second-order valence-corrected chi connectivity index (χ2v) is 13.9. The minimum Gasteiger partial charge on any atom is -0.467 e. The van der Waals surface area contributed by atoms with Gasteiger partial charge in [0.05, 0.1) is 7.11 Å². The molecule has 0 aromatic rings. The van der Waals surface area contributed by atoms with Crippen LogP contribution < -0.4 is 21.3 Å². The van der Waals surface area contributed by atoms with E-state index in [1.54, 1.807) is 20.8 Å². The first-order valence-corrected chi connectivity index (χ1v) is 16.2. The van der Waals surface area contributed by atoms with Crippen molar-refractivity contribution in [2.24, 2.45) is 11.8 Å². The molecule has 0 bridgehead atoms. The molecule has 0 saturated carbocycles. The van der Waals surface area contributed by atoms with Crippen molar-refractivity contribution >= 4 is 53.3 Å². The number of hydrogen-bond donors (Lipinski definition) is 4. The van der Waals surface area contributed by atoms with Crippen LogP contribution in [0, 0.1) is 11.8 Å². The van der Waals surface area contributed by atoms with Crippen LogP contribution in [0.2, 0.25) is 0 Å². The average Bonchev–Trinajstić information content (AvgIpc) is 2.85. The van der Waals surface area contributed by atoms with Gasteiger partial charge in [-0.15, -0.1) is 0 Å². The van der Waals surface area contributed by atoms with Crippen molar-refractivity contribution in [3.63, 3.8) is 0 Å². The summed E-state index contributed by atoms with van der Waals surface area (Å²) in [6.45, 7) is 12.9. The maximum atomic E-state index is 13.5. The highest BCUT2D eigenvalue weighted by molar-refractivity contribution is 7.99. The molecule has 4 N–H and O–H groups in total. The summed E-state index contributed by atoms with van der Waals surface area (Å²) < 4.78 is 10.2. The van der Waals surface area contributed by atoms with Crippen LogP contribution in [0.5, 0.6) is 0 Å². The molecule has 4 atom stereocenters. The second-order valence-electron chi connectivity index (χ2n) is 11.7. The lowest BCUT2D eigenvalue weighted by atomic mass is 9.99. The van der Waals surface area contributed by atoms with Crippen LogP contribution in [0.1, 0.15) is 61.3 Å². The number of hydrogen-bond acceptors (Lipinski definition) is 9. The minimum absolute atomic E-state index is 0.0405. The molecule has 0 radical (unpaired) electrons. The smallest absolute Gasteiger partial charge is 0.408 e. The first kappa shape index (κ1) is 36.6. The molecular weight excluding hydrogens is 568 g/mol. The summed E-state index contributed by atoms with van der Waals surface area (Å²) in [5.74, 6) is -0.315. The maximum absolute atomic E-state index is 13.5. The monoisotopic (exact) mass is 616 g/mol. The van der Waals surface area contributed by atoms with Gasteiger partial charge in [0, 0.05) is 23.0 Å². The van der Waals surface area contributed by atoms with E-state index in [2.05, 4.69) is 21.3 Å². The van der Waals surface area contributed by atoms with Crippen molar-refractivity contribution in [1.82, 2.24) is 21.3 Å². The Morgan fingerprint density at radius 2 is 1.37 bits per heavy atom. The zero-order valence-corrected chi connectivity index (χ0v) is 27.2.